The van der Waals surface area contributed by atoms with Crippen LogP contribution < -0.4 is 15.4 Å². The van der Waals surface area contributed by atoms with Crippen LogP contribution in [0.3, 0.4) is 0 Å². The molecular formula is C17H23F3N2O3. The first-order valence-electron chi connectivity index (χ1n) is 8.18. The lowest BCUT2D eigenvalue weighted by Crippen LogP contribution is -2.50. The molecule has 1 amide bonds. The maximum absolute atomic E-state index is 12.6. The number of piperidine rings is 1. The number of amides is 1. The third-order valence-electron chi connectivity index (χ3n) is 4.34. The quantitative estimate of drug-likeness (QED) is 0.783. The van der Waals surface area contributed by atoms with E-state index >= 15 is 0 Å². The molecule has 1 aromatic carbocycles. The summed E-state index contributed by atoms with van der Waals surface area (Å²) in [6.45, 7) is 2.03. The summed E-state index contributed by atoms with van der Waals surface area (Å²) in [6, 6.07) is 5.94. The minimum atomic E-state index is -4.74. The van der Waals surface area contributed by atoms with Gasteiger partial charge in [-0.15, -0.1) is 13.2 Å². The number of hydrogen-bond donors (Lipinski definition) is 2. The Balaban J connectivity index is 1.94. The molecule has 5 nitrogen and oxygen atoms in total. The molecule has 0 bridgehead atoms. The SMILES string of the molecule is COCC1(C(=O)NCCc2ccccc2OC(F)(F)F)CCNCC1. The lowest BCUT2D eigenvalue weighted by atomic mass is 9.78. The maximum atomic E-state index is 12.6. The summed E-state index contributed by atoms with van der Waals surface area (Å²) in [6.07, 6.45) is -3.16. The molecule has 0 radical (unpaired) electrons. The predicted molar refractivity (Wildman–Crippen MR) is 86.3 cm³/mol. The minimum Gasteiger partial charge on any atom is -0.406 e. The summed E-state index contributed by atoms with van der Waals surface area (Å²) >= 11 is 0. The van der Waals surface area contributed by atoms with E-state index in [1.165, 1.54) is 12.1 Å². The number of methoxy groups -OCH3 is 1. The van der Waals surface area contributed by atoms with Gasteiger partial charge in [-0.1, -0.05) is 18.2 Å². The van der Waals surface area contributed by atoms with Gasteiger partial charge < -0.3 is 20.1 Å². The molecule has 0 aromatic heterocycles. The Kier molecular flexibility index (Phi) is 6.66. The smallest absolute Gasteiger partial charge is 0.406 e. The Bertz CT molecular complexity index is 567. The van der Waals surface area contributed by atoms with Crippen molar-refractivity contribution < 1.29 is 27.4 Å². The lowest BCUT2D eigenvalue weighted by molar-refractivity contribution is -0.274. The molecule has 1 fully saturated rings. The van der Waals surface area contributed by atoms with Crippen LogP contribution in [0.2, 0.25) is 0 Å². The first-order valence-corrected chi connectivity index (χ1v) is 8.18. The molecule has 1 aromatic rings. The second kappa shape index (κ2) is 8.53. The molecule has 8 heteroatoms. The van der Waals surface area contributed by atoms with Crippen molar-refractivity contribution in [2.45, 2.75) is 25.6 Å². The van der Waals surface area contributed by atoms with Gasteiger partial charge in [-0.05, 0) is 44.0 Å². The number of carbonyl (C=O) groups is 1. The fourth-order valence-electron chi connectivity index (χ4n) is 3.05. The summed E-state index contributed by atoms with van der Waals surface area (Å²) in [7, 11) is 1.56. The number of halogens is 3. The Morgan fingerprint density at radius 1 is 1.28 bits per heavy atom. The van der Waals surface area contributed by atoms with Gasteiger partial charge in [0.2, 0.25) is 5.91 Å². The van der Waals surface area contributed by atoms with Crippen LogP contribution in [0.4, 0.5) is 13.2 Å². The topological polar surface area (TPSA) is 59.6 Å². The van der Waals surface area contributed by atoms with Crippen LogP contribution >= 0.6 is 0 Å². The predicted octanol–water partition coefficient (Wildman–Crippen LogP) is 2.26. The zero-order valence-corrected chi connectivity index (χ0v) is 14.1. The highest BCUT2D eigenvalue weighted by atomic mass is 19.4. The van der Waals surface area contributed by atoms with Gasteiger partial charge in [0.1, 0.15) is 5.75 Å². The van der Waals surface area contributed by atoms with E-state index in [0.29, 0.717) is 25.0 Å². The zero-order chi connectivity index (χ0) is 18.3. The van der Waals surface area contributed by atoms with Gasteiger partial charge in [0, 0.05) is 13.7 Å². The largest absolute Gasteiger partial charge is 0.573 e. The van der Waals surface area contributed by atoms with Gasteiger partial charge in [-0.25, -0.2) is 0 Å². The maximum Gasteiger partial charge on any atom is 0.573 e. The number of carbonyl (C=O) groups excluding carboxylic acids is 1. The molecular weight excluding hydrogens is 337 g/mol. The van der Waals surface area contributed by atoms with Crippen molar-refractivity contribution in [2.24, 2.45) is 5.41 Å². The van der Waals surface area contributed by atoms with Crippen LogP contribution in [-0.4, -0.2) is 45.6 Å². The van der Waals surface area contributed by atoms with E-state index in [-0.39, 0.29) is 24.6 Å². The third kappa shape index (κ3) is 5.61. The molecule has 2 rings (SSSR count). The van der Waals surface area contributed by atoms with Crippen LogP contribution in [0, 0.1) is 5.41 Å². The first kappa shape index (κ1) is 19.5. The molecule has 0 aliphatic carbocycles. The number of alkyl halides is 3. The van der Waals surface area contributed by atoms with Crippen molar-refractivity contribution in [3.8, 4) is 5.75 Å². The molecule has 1 aliphatic rings. The fraction of sp³-hybridized carbons (Fsp3) is 0.588. The van der Waals surface area contributed by atoms with E-state index in [9.17, 15) is 18.0 Å². The molecule has 1 saturated heterocycles. The van der Waals surface area contributed by atoms with E-state index < -0.39 is 11.8 Å². The number of ether oxygens (including phenoxy) is 2. The Hall–Kier alpha value is -1.80. The van der Waals surface area contributed by atoms with E-state index in [1.54, 1.807) is 19.2 Å². The summed E-state index contributed by atoms with van der Waals surface area (Å²) in [5, 5.41) is 6.04. The van der Waals surface area contributed by atoms with E-state index in [0.717, 1.165) is 13.1 Å². The third-order valence-corrected chi connectivity index (χ3v) is 4.34. The van der Waals surface area contributed by atoms with Gasteiger partial charge in [0.25, 0.3) is 0 Å². The highest BCUT2D eigenvalue weighted by Crippen LogP contribution is 2.30. The van der Waals surface area contributed by atoms with Crippen LogP contribution in [0.5, 0.6) is 5.75 Å². The molecule has 0 saturated carbocycles. The molecule has 1 heterocycles. The van der Waals surface area contributed by atoms with Crippen molar-refractivity contribution in [1.82, 2.24) is 10.6 Å². The Labute approximate surface area is 144 Å². The van der Waals surface area contributed by atoms with Crippen molar-refractivity contribution in [3.05, 3.63) is 29.8 Å². The average Bonchev–Trinajstić information content (AvgIpc) is 2.56. The number of hydrogen-bond acceptors (Lipinski definition) is 4. The van der Waals surface area contributed by atoms with Gasteiger partial charge in [-0.3, -0.25) is 4.79 Å². The number of benzene rings is 1. The first-order chi connectivity index (χ1) is 11.9. The van der Waals surface area contributed by atoms with Gasteiger partial charge in [0.05, 0.1) is 12.0 Å². The molecule has 1 aliphatic heterocycles. The number of rotatable bonds is 7. The molecule has 140 valence electrons. The van der Waals surface area contributed by atoms with Crippen molar-refractivity contribution in [1.29, 1.82) is 0 Å². The van der Waals surface area contributed by atoms with Crippen LogP contribution in [0.15, 0.2) is 24.3 Å². The number of para-hydroxylation sites is 1. The van der Waals surface area contributed by atoms with Gasteiger partial charge >= 0.3 is 6.36 Å². The Morgan fingerprint density at radius 2 is 1.96 bits per heavy atom. The second-order valence-corrected chi connectivity index (χ2v) is 6.12. The Morgan fingerprint density at radius 3 is 2.60 bits per heavy atom. The van der Waals surface area contributed by atoms with Gasteiger partial charge in [-0.2, -0.15) is 0 Å². The summed E-state index contributed by atoms with van der Waals surface area (Å²) in [4.78, 5) is 12.6. The van der Waals surface area contributed by atoms with Crippen LogP contribution in [0.25, 0.3) is 0 Å². The monoisotopic (exact) mass is 360 g/mol. The van der Waals surface area contributed by atoms with E-state index in [1.807, 2.05) is 0 Å². The molecule has 0 spiro atoms. The zero-order valence-electron chi connectivity index (χ0n) is 14.1. The highest BCUT2D eigenvalue weighted by Gasteiger charge is 2.39. The molecule has 2 N–H and O–H groups in total. The van der Waals surface area contributed by atoms with Gasteiger partial charge in [0.15, 0.2) is 0 Å². The highest BCUT2D eigenvalue weighted by molar-refractivity contribution is 5.83. The normalized spacial score (nSPS) is 17.1. The fourth-order valence-corrected chi connectivity index (χ4v) is 3.05. The minimum absolute atomic E-state index is 0.120. The second-order valence-electron chi connectivity index (χ2n) is 6.12. The molecule has 25 heavy (non-hydrogen) atoms. The summed E-state index contributed by atoms with van der Waals surface area (Å²) < 4.78 is 46.5. The van der Waals surface area contributed by atoms with E-state index in [2.05, 4.69) is 15.4 Å². The summed E-state index contributed by atoms with van der Waals surface area (Å²) in [5.74, 6) is -0.359. The average molecular weight is 360 g/mol. The van der Waals surface area contributed by atoms with E-state index in [4.69, 9.17) is 4.74 Å². The lowest BCUT2D eigenvalue weighted by Gasteiger charge is -2.35. The summed E-state index contributed by atoms with van der Waals surface area (Å²) in [5.41, 5.74) is -0.187. The van der Waals surface area contributed by atoms with Crippen LogP contribution in [0.1, 0.15) is 18.4 Å². The molecule has 0 atom stereocenters. The standard InChI is InChI=1S/C17H23F3N2O3/c1-24-12-16(7-10-21-11-8-16)15(23)22-9-6-13-4-2-3-5-14(13)25-17(18,19)20/h2-5,21H,6-12H2,1H3,(H,22,23). The van der Waals surface area contributed by atoms with Crippen molar-refractivity contribution >= 4 is 5.91 Å². The van der Waals surface area contributed by atoms with Crippen LogP contribution in [-0.2, 0) is 16.0 Å². The number of nitrogens with one attached hydrogen (secondary N) is 2. The van der Waals surface area contributed by atoms with Crippen molar-refractivity contribution in [2.75, 3.05) is 33.4 Å². The van der Waals surface area contributed by atoms with Crippen molar-refractivity contribution in [3.63, 3.8) is 0 Å². The molecule has 0 unspecified atom stereocenters.